The van der Waals surface area contributed by atoms with Crippen LogP contribution in [0.25, 0.3) is 0 Å². The van der Waals surface area contributed by atoms with Gasteiger partial charge in [0.05, 0.1) is 12.5 Å². The molecule has 0 bridgehead atoms. The summed E-state index contributed by atoms with van der Waals surface area (Å²) in [6.07, 6.45) is 4.05. The van der Waals surface area contributed by atoms with Crippen molar-refractivity contribution in [3.05, 3.63) is 47.1 Å². The molecule has 7 nitrogen and oxygen atoms in total. The van der Waals surface area contributed by atoms with Gasteiger partial charge < -0.3 is 19.3 Å². The molecule has 29 heavy (non-hydrogen) atoms. The Hall–Kier alpha value is -2.67. The second-order valence-corrected chi connectivity index (χ2v) is 7.43. The summed E-state index contributed by atoms with van der Waals surface area (Å²) in [5.74, 6) is -2.08. The van der Waals surface area contributed by atoms with Crippen LogP contribution in [0.3, 0.4) is 0 Å². The Morgan fingerprint density at radius 3 is 2.62 bits per heavy atom. The topological polar surface area (TPSA) is 99.1 Å². The van der Waals surface area contributed by atoms with E-state index in [0.717, 1.165) is 11.1 Å². The van der Waals surface area contributed by atoms with E-state index in [9.17, 15) is 14.4 Å². The number of aliphatic hydroxyl groups excluding tert-OH is 1. The molecule has 1 heterocycles. The summed E-state index contributed by atoms with van der Waals surface area (Å²) in [6.45, 7) is 10.2. The molecule has 0 radical (unpaired) electrons. The van der Waals surface area contributed by atoms with E-state index in [0.29, 0.717) is 12.8 Å². The van der Waals surface area contributed by atoms with Crippen LogP contribution in [0.1, 0.15) is 40.5 Å². The quantitative estimate of drug-likeness (QED) is 0.333. The van der Waals surface area contributed by atoms with Crippen molar-refractivity contribution in [1.82, 2.24) is 0 Å². The average molecular weight is 404 g/mol. The number of aliphatic hydroxyl groups is 1. The predicted molar refractivity (Wildman–Crippen MR) is 106 cm³/mol. The van der Waals surface area contributed by atoms with Crippen LogP contribution in [0.2, 0.25) is 0 Å². The van der Waals surface area contributed by atoms with Crippen molar-refractivity contribution < 1.29 is 33.7 Å². The lowest BCUT2D eigenvalue weighted by Gasteiger charge is -2.28. The van der Waals surface area contributed by atoms with Gasteiger partial charge in [0, 0.05) is 30.9 Å². The maximum Gasteiger partial charge on any atom is 0.334 e. The highest BCUT2D eigenvalue weighted by atomic mass is 16.6. The van der Waals surface area contributed by atoms with E-state index in [1.54, 1.807) is 19.9 Å². The zero-order chi connectivity index (χ0) is 21.7. The smallest absolute Gasteiger partial charge is 0.334 e. The summed E-state index contributed by atoms with van der Waals surface area (Å²) in [5, 5.41) is 9.01. The van der Waals surface area contributed by atoms with Crippen LogP contribution in [0.4, 0.5) is 0 Å². The Bertz CT molecular complexity index is 787. The van der Waals surface area contributed by atoms with Crippen molar-refractivity contribution in [2.45, 2.75) is 58.8 Å². The third-order valence-corrected chi connectivity index (χ3v) is 5.09. The van der Waals surface area contributed by atoms with E-state index in [-0.39, 0.29) is 17.8 Å². The summed E-state index contributed by atoms with van der Waals surface area (Å²) in [7, 11) is 0. The molecule has 4 unspecified atom stereocenters. The van der Waals surface area contributed by atoms with Crippen molar-refractivity contribution in [3.63, 3.8) is 0 Å². The molecule has 0 spiro atoms. The maximum atomic E-state index is 12.4. The van der Waals surface area contributed by atoms with E-state index in [1.807, 2.05) is 13.0 Å². The van der Waals surface area contributed by atoms with Gasteiger partial charge in [-0.25, -0.2) is 9.59 Å². The first kappa shape index (κ1) is 22.6. The van der Waals surface area contributed by atoms with Crippen molar-refractivity contribution in [1.29, 1.82) is 0 Å². The van der Waals surface area contributed by atoms with Crippen LogP contribution in [-0.2, 0) is 28.6 Å². The number of fused-ring (bicyclic) bond motifs is 1. The summed E-state index contributed by atoms with van der Waals surface area (Å²) in [6, 6.07) is 0. The molecule has 0 aromatic rings. The normalized spacial score (nSPS) is 28.0. The number of carbonyl (C=O) groups is 3. The Morgan fingerprint density at radius 2 is 2.00 bits per heavy atom. The lowest BCUT2D eigenvalue weighted by atomic mass is 9.85. The molecule has 1 aliphatic heterocycles. The minimum Gasteiger partial charge on any atom is -0.458 e. The van der Waals surface area contributed by atoms with Crippen LogP contribution in [0.5, 0.6) is 0 Å². The third-order valence-electron chi connectivity index (χ3n) is 5.09. The molecule has 1 N–H and O–H groups in total. The second-order valence-electron chi connectivity index (χ2n) is 7.43. The zero-order valence-electron chi connectivity index (χ0n) is 17.3. The zero-order valence-corrected chi connectivity index (χ0v) is 17.3. The van der Waals surface area contributed by atoms with Gasteiger partial charge in [-0.3, -0.25) is 4.79 Å². The molecule has 2 rings (SSSR count). The standard InChI is InChI=1S/C22H28O7/c1-12-6-7-17(27-16(5)24)14(3)11-19-20(15(4)22(26)29-19)18(10-12)28-21(25)13(2)8-9-23/h6,8,11,17-20,23H,4,7,9-10H2,1-3,5H3. The number of hydrogen-bond acceptors (Lipinski definition) is 7. The van der Waals surface area contributed by atoms with Crippen molar-refractivity contribution in [2.24, 2.45) is 5.92 Å². The lowest BCUT2D eigenvalue weighted by molar-refractivity contribution is -0.148. The first-order chi connectivity index (χ1) is 13.6. The second kappa shape index (κ2) is 9.69. The lowest BCUT2D eigenvalue weighted by Crippen LogP contribution is -2.34. The van der Waals surface area contributed by atoms with Gasteiger partial charge in [-0.05, 0) is 38.5 Å². The van der Waals surface area contributed by atoms with Crippen LogP contribution in [0, 0.1) is 5.92 Å². The molecule has 1 saturated heterocycles. The Labute approximate surface area is 170 Å². The number of rotatable bonds is 4. The van der Waals surface area contributed by atoms with Crippen molar-refractivity contribution >= 4 is 17.9 Å². The van der Waals surface area contributed by atoms with Crippen LogP contribution in [-0.4, -0.2) is 47.9 Å². The molecule has 0 aromatic heterocycles. The molecule has 4 atom stereocenters. The highest BCUT2D eigenvalue weighted by Gasteiger charge is 2.44. The van der Waals surface area contributed by atoms with Gasteiger partial charge in [0.2, 0.25) is 0 Å². The monoisotopic (exact) mass is 404 g/mol. The Balaban J connectivity index is 2.42. The largest absolute Gasteiger partial charge is 0.458 e. The number of esters is 3. The van der Waals surface area contributed by atoms with E-state index >= 15 is 0 Å². The van der Waals surface area contributed by atoms with Gasteiger partial charge in [-0.15, -0.1) is 0 Å². The summed E-state index contributed by atoms with van der Waals surface area (Å²) < 4.78 is 16.6. The fraction of sp³-hybridized carbons (Fsp3) is 0.500. The van der Waals surface area contributed by atoms with Gasteiger partial charge >= 0.3 is 17.9 Å². The molecule has 0 amide bonds. The number of hydrogen-bond donors (Lipinski definition) is 1. The number of carbonyl (C=O) groups excluding carboxylic acids is 3. The SMILES string of the molecule is C=C1C(=O)OC2C=C(C)C(OC(C)=O)CC=C(C)CC(OC(=O)C(C)=CCO)C12. The van der Waals surface area contributed by atoms with Gasteiger partial charge in [0.1, 0.15) is 18.3 Å². The molecule has 158 valence electrons. The highest BCUT2D eigenvalue weighted by molar-refractivity contribution is 5.92. The number of ether oxygens (including phenoxy) is 3. The first-order valence-electron chi connectivity index (χ1n) is 9.53. The van der Waals surface area contributed by atoms with E-state index in [4.69, 9.17) is 19.3 Å². The minimum absolute atomic E-state index is 0.234. The maximum absolute atomic E-state index is 12.4. The highest BCUT2D eigenvalue weighted by Crippen LogP contribution is 2.36. The van der Waals surface area contributed by atoms with E-state index < -0.39 is 42.1 Å². The summed E-state index contributed by atoms with van der Waals surface area (Å²) >= 11 is 0. The predicted octanol–water partition coefficient (Wildman–Crippen LogP) is 2.55. The van der Waals surface area contributed by atoms with Crippen molar-refractivity contribution in [2.75, 3.05) is 6.61 Å². The minimum atomic E-state index is -0.682. The molecular formula is C22H28O7. The Morgan fingerprint density at radius 1 is 1.31 bits per heavy atom. The van der Waals surface area contributed by atoms with Gasteiger partial charge in [-0.1, -0.05) is 18.2 Å². The van der Waals surface area contributed by atoms with Gasteiger partial charge in [0.25, 0.3) is 0 Å². The molecule has 2 aliphatic rings. The molecule has 1 fully saturated rings. The first-order valence-corrected chi connectivity index (χ1v) is 9.53. The summed E-state index contributed by atoms with van der Waals surface area (Å²) in [4.78, 5) is 36.1. The molecular weight excluding hydrogens is 376 g/mol. The third kappa shape index (κ3) is 5.67. The fourth-order valence-corrected chi connectivity index (χ4v) is 3.48. The van der Waals surface area contributed by atoms with E-state index in [2.05, 4.69) is 6.58 Å². The van der Waals surface area contributed by atoms with Crippen molar-refractivity contribution in [3.8, 4) is 0 Å². The van der Waals surface area contributed by atoms with Crippen LogP contribution >= 0.6 is 0 Å². The van der Waals surface area contributed by atoms with Gasteiger partial charge in [0.15, 0.2) is 0 Å². The van der Waals surface area contributed by atoms with Gasteiger partial charge in [-0.2, -0.15) is 0 Å². The molecule has 7 heteroatoms. The molecule has 0 saturated carbocycles. The Kier molecular flexibility index (Phi) is 7.56. The average Bonchev–Trinajstić information content (AvgIpc) is 2.90. The summed E-state index contributed by atoms with van der Waals surface area (Å²) in [5.41, 5.74) is 2.17. The fourth-order valence-electron chi connectivity index (χ4n) is 3.48. The van der Waals surface area contributed by atoms with Crippen LogP contribution in [0.15, 0.2) is 47.1 Å². The van der Waals surface area contributed by atoms with Crippen LogP contribution < -0.4 is 0 Å². The molecule has 1 aliphatic carbocycles. The molecule has 0 aromatic carbocycles. The van der Waals surface area contributed by atoms with E-state index in [1.165, 1.54) is 13.0 Å².